The second-order valence-electron chi connectivity index (χ2n) is 6.27. The predicted molar refractivity (Wildman–Crippen MR) is 109 cm³/mol. The number of rotatable bonds is 6. The zero-order valence-electron chi connectivity index (χ0n) is 16.1. The molecule has 3 rings (SSSR count). The molecule has 0 spiro atoms. The maximum Gasteiger partial charge on any atom is 0.272 e. The van der Waals surface area contributed by atoms with Crippen molar-refractivity contribution in [2.75, 3.05) is 12.4 Å². The molecule has 0 radical (unpaired) electrons. The molecular weight excluding hydrogens is 370 g/mol. The lowest BCUT2D eigenvalue weighted by Crippen LogP contribution is -2.25. The summed E-state index contributed by atoms with van der Waals surface area (Å²) in [6.45, 7) is 2.00. The molecule has 3 aromatic rings. The van der Waals surface area contributed by atoms with Crippen molar-refractivity contribution in [2.24, 2.45) is 5.73 Å². The average molecular weight is 391 g/mol. The lowest BCUT2D eigenvalue weighted by atomic mass is 10.0. The highest BCUT2D eigenvalue weighted by molar-refractivity contribution is 6.06. The van der Waals surface area contributed by atoms with E-state index in [2.05, 4.69) is 15.6 Å². The van der Waals surface area contributed by atoms with E-state index in [1.807, 2.05) is 25.1 Å². The van der Waals surface area contributed by atoms with E-state index < -0.39 is 11.8 Å². The van der Waals surface area contributed by atoms with Crippen molar-refractivity contribution in [3.8, 4) is 5.69 Å². The molecular formula is C21H21N5O3. The zero-order valence-corrected chi connectivity index (χ0v) is 16.1. The molecule has 1 aromatic heterocycles. The number of nitrogens with zero attached hydrogens (tertiary/aromatic N) is 2. The Hall–Kier alpha value is -3.94. The lowest BCUT2D eigenvalue weighted by molar-refractivity contribution is 0.0937. The maximum absolute atomic E-state index is 12.6. The smallest absolute Gasteiger partial charge is 0.272 e. The Morgan fingerprint density at radius 1 is 1.03 bits per heavy atom. The van der Waals surface area contributed by atoms with Crippen LogP contribution in [0, 0.1) is 0 Å². The molecule has 8 heteroatoms. The van der Waals surface area contributed by atoms with Gasteiger partial charge in [-0.05, 0) is 42.3 Å². The number of carbonyl (C=O) groups excluding carboxylic acids is 3. The van der Waals surface area contributed by atoms with Gasteiger partial charge in [0.2, 0.25) is 0 Å². The Labute approximate surface area is 167 Å². The van der Waals surface area contributed by atoms with Crippen LogP contribution in [0.2, 0.25) is 0 Å². The molecule has 8 nitrogen and oxygen atoms in total. The van der Waals surface area contributed by atoms with Crippen molar-refractivity contribution < 1.29 is 14.4 Å². The molecule has 2 aromatic carbocycles. The molecule has 1 heterocycles. The molecule has 29 heavy (non-hydrogen) atoms. The number of carbonyl (C=O) groups is 3. The number of primary amides is 1. The van der Waals surface area contributed by atoms with E-state index in [1.165, 1.54) is 17.9 Å². The van der Waals surface area contributed by atoms with E-state index in [1.54, 1.807) is 30.3 Å². The van der Waals surface area contributed by atoms with E-state index in [4.69, 9.17) is 5.73 Å². The minimum Gasteiger partial charge on any atom is -0.364 e. The highest BCUT2D eigenvalue weighted by Crippen LogP contribution is 2.19. The molecule has 148 valence electrons. The maximum atomic E-state index is 12.6. The summed E-state index contributed by atoms with van der Waals surface area (Å²) in [5.74, 6) is -1.47. The molecule has 0 aliphatic rings. The lowest BCUT2D eigenvalue weighted by Gasteiger charge is -2.11. The number of hydrogen-bond acceptors (Lipinski definition) is 4. The molecule has 0 saturated heterocycles. The molecule has 0 saturated carbocycles. The first-order valence-corrected chi connectivity index (χ1v) is 9.05. The SMILES string of the molecule is CCc1ccccc1C(=O)Nc1ccc(-n2cnc(C(=O)NC)c2C(N)=O)cc1. The number of benzene rings is 2. The van der Waals surface area contributed by atoms with Crippen LogP contribution in [0.4, 0.5) is 5.69 Å². The van der Waals surface area contributed by atoms with Crippen LogP contribution in [0.15, 0.2) is 54.9 Å². The van der Waals surface area contributed by atoms with Gasteiger partial charge in [-0.2, -0.15) is 0 Å². The van der Waals surface area contributed by atoms with E-state index in [0.29, 0.717) is 16.9 Å². The summed E-state index contributed by atoms with van der Waals surface area (Å²) < 4.78 is 1.44. The Balaban J connectivity index is 1.86. The number of amides is 3. The van der Waals surface area contributed by atoms with Crippen molar-refractivity contribution in [1.29, 1.82) is 0 Å². The van der Waals surface area contributed by atoms with E-state index in [9.17, 15) is 14.4 Å². The van der Waals surface area contributed by atoms with Crippen LogP contribution in [0.5, 0.6) is 0 Å². The molecule has 0 aliphatic heterocycles. The third kappa shape index (κ3) is 4.01. The highest BCUT2D eigenvalue weighted by Gasteiger charge is 2.22. The van der Waals surface area contributed by atoms with Crippen molar-refractivity contribution in [3.05, 3.63) is 77.4 Å². The van der Waals surface area contributed by atoms with Gasteiger partial charge in [0, 0.05) is 24.0 Å². The monoisotopic (exact) mass is 391 g/mol. The number of imidazole rings is 1. The van der Waals surface area contributed by atoms with E-state index in [0.717, 1.165) is 12.0 Å². The highest BCUT2D eigenvalue weighted by atomic mass is 16.2. The number of aryl methyl sites for hydroxylation is 1. The predicted octanol–water partition coefficient (Wildman–Crippen LogP) is 2.15. The largest absolute Gasteiger partial charge is 0.364 e. The van der Waals surface area contributed by atoms with Crippen molar-refractivity contribution in [2.45, 2.75) is 13.3 Å². The van der Waals surface area contributed by atoms with Gasteiger partial charge in [0.05, 0.1) is 0 Å². The second-order valence-corrected chi connectivity index (χ2v) is 6.27. The van der Waals surface area contributed by atoms with Crippen molar-refractivity contribution >= 4 is 23.4 Å². The minimum absolute atomic E-state index is 0.0157. The number of aromatic nitrogens is 2. The first kappa shape index (κ1) is 19.8. The Kier molecular flexibility index (Phi) is 5.73. The molecule has 0 fully saturated rings. The van der Waals surface area contributed by atoms with Gasteiger partial charge in [0.1, 0.15) is 12.0 Å². The fourth-order valence-corrected chi connectivity index (χ4v) is 3.02. The van der Waals surface area contributed by atoms with Gasteiger partial charge >= 0.3 is 0 Å². The fourth-order valence-electron chi connectivity index (χ4n) is 3.02. The topological polar surface area (TPSA) is 119 Å². The molecule has 4 N–H and O–H groups in total. The van der Waals surface area contributed by atoms with Crippen molar-refractivity contribution in [1.82, 2.24) is 14.9 Å². The van der Waals surface area contributed by atoms with Gasteiger partial charge < -0.3 is 16.4 Å². The molecule has 0 atom stereocenters. The summed E-state index contributed by atoms with van der Waals surface area (Å²) in [5, 5.41) is 5.29. The van der Waals surface area contributed by atoms with Crippen LogP contribution in [-0.4, -0.2) is 34.3 Å². The normalized spacial score (nSPS) is 10.4. The van der Waals surface area contributed by atoms with Gasteiger partial charge in [-0.15, -0.1) is 0 Å². The van der Waals surface area contributed by atoms with Gasteiger partial charge in [-0.3, -0.25) is 19.0 Å². The third-order valence-corrected chi connectivity index (χ3v) is 4.49. The summed E-state index contributed by atoms with van der Waals surface area (Å²) in [6.07, 6.45) is 2.11. The summed E-state index contributed by atoms with van der Waals surface area (Å²) in [7, 11) is 1.44. The van der Waals surface area contributed by atoms with Crippen LogP contribution < -0.4 is 16.4 Å². The van der Waals surface area contributed by atoms with Crippen LogP contribution >= 0.6 is 0 Å². The number of hydrogen-bond donors (Lipinski definition) is 3. The fraction of sp³-hybridized carbons (Fsp3) is 0.143. The summed E-state index contributed by atoms with van der Waals surface area (Å²) in [5.41, 5.74) is 8.14. The van der Waals surface area contributed by atoms with Crippen LogP contribution in [0.25, 0.3) is 5.69 Å². The van der Waals surface area contributed by atoms with Gasteiger partial charge in [0.15, 0.2) is 5.69 Å². The van der Waals surface area contributed by atoms with Crippen molar-refractivity contribution in [3.63, 3.8) is 0 Å². The average Bonchev–Trinajstić information content (AvgIpc) is 3.19. The number of anilines is 1. The Morgan fingerprint density at radius 2 is 1.72 bits per heavy atom. The van der Waals surface area contributed by atoms with E-state index in [-0.39, 0.29) is 17.3 Å². The standard InChI is InChI=1S/C21H21N5O3/c1-3-13-6-4-5-7-16(13)20(28)25-14-8-10-15(11-9-14)26-12-24-17(21(29)23-2)18(26)19(22)27/h4-12H,3H2,1-2H3,(H2,22,27)(H,23,29)(H,25,28). The molecule has 0 unspecified atom stereocenters. The summed E-state index contributed by atoms with van der Waals surface area (Å²) in [4.78, 5) is 40.3. The van der Waals surface area contributed by atoms with Crippen LogP contribution in [0.1, 0.15) is 43.8 Å². The van der Waals surface area contributed by atoms with Gasteiger partial charge in [0.25, 0.3) is 17.7 Å². The summed E-state index contributed by atoms with van der Waals surface area (Å²) >= 11 is 0. The second kappa shape index (κ2) is 8.39. The van der Waals surface area contributed by atoms with Crippen LogP contribution in [-0.2, 0) is 6.42 Å². The third-order valence-electron chi connectivity index (χ3n) is 4.49. The quantitative estimate of drug-likeness (QED) is 0.596. The summed E-state index contributed by atoms with van der Waals surface area (Å²) in [6, 6.07) is 14.2. The van der Waals surface area contributed by atoms with Gasteiger partial charge in [-0.25, -0.2) is 4.98 Å². The van der Waals surface area contributed by atoms with E-state index >= 15 is 0 Å². The Bertz CT molecular complexity index is 1070. The number of nitrogens with two attached hydrogens (primary N) is 1. The first-order valence-electron chi connectivity index (χ1n) is 9.05. The van der Waals surface area contributed by atoms with Gasteiger partial charge in [-0.1, -0.05) is 25.1 Å². The molecule has 3 amide bonds. The number of nitrogens with one attached hydrogen (secondary N) is 2. The Morgan fingerprint density at radius 3 is 2.34 bits per heavy atom. The minimum atomic E-state index is -0.769. The zero-order chi connectivity index (χ0) is 21.0. The van der Waals surface area contributed by atoms with Crippen LogP contribution in [0.3, 0.4) is 0 Å². The molecule has 0 aliphatic carbocycles. The first-order chi connectivity index (χ1) is 14.0. The molecule has 0 bridgehead atoms.